The molecule has 0 spiro atoms. The molecule has 184 valence electrons. The number of aryl methyl sites for hydroxylation is 1. The summed E-state index contributed by atoms with van der Waals surface area (Å²) < 4.78 is 57.3. The highest BCUT2D eigenvalue weighted by Gasteiger charge is 2.36. The number of nitrogens with zero attached hydrogens (tertiary/aromatic N) is 3. The fourth-order valence-corrected chi connectivity index (χ4v) is 4.25. The number of anilines is 1. The minimum atomic E-state index is -4.83. The second-order valence-electron chi connectivity index (χ2n) is 8.49. The molecule has 0 fully saturated rings. The molecule has 0 saturated carbocycles. The fourth-order valence-electron chi connectivity index (χ4n) is 4.25. The number of rotatable bonds is 4. The molecule has 1 aliphatic rings. The molecule has 3 heterocycles. The molecule has 2 N–H and O–H groups in total. The average molecular weight is 495 g/mol. The molecule has 0 saturated heterocycles. The smallest absolute Gasteiger partial charge is 0.320 e. The Bertz CT molecular complexity index is 1450. The van der Waals surface area contributed by atoms with E-state index >= 15 is 0 Å². The van der Waals surface area contributed by atoms with E-state index < -0.39 is 29.0 Å². The first-order chi connectivity index (χ1) is 17.2. The monoisotopic (exact) mass is 495 g/mol. The van der Waals surface area contributed by atoms with Crippen LogP contribution >= 0.6 is 0 Å². The maximum atomic E-state index is 14.9. The van der Waals surface area contributed by atoms with Crippen molar-refractivity contribution in [3.05, 3.63) is 89.0 Å². The summed E-state index contributed by atoms with van der Waals surface area (Å²) >= 11 is 0. The van der Waals surface area contributed by atoms with Crippen LogP contribution in [0.5, 0.6) is 0 Å². The summed E-state index contributed by atoms with van der Waals surface area (Å²) in [6.45, 7) is 1.32. The first-order valence-corrected chi connectivity index (χ1v) is 11.2. The van der Waals surface area contributed by atoms with Crippen molar-refractivity contribution < 1.29 is 22.4 Å². The van der Waals surface area contributed by atoms with Gasteiger partial charge in [0.1, 0.15) is 5.82 Å². The third-order valence-electron chi connectivity index (χ3n) is 6.00. The van der Waals surface area contributed by atoms with E-state index in [9.17, 15) is 22.4 Å². The summed E-state index contributed by atoms with van der Waals surface area (Å²) in [5.74, 6) is -2.16. The molecule has 10 heteroatoms. The van der Waals surface area contributed by atoms with Gasteiger partial charge in [0, 0.05) is 30.9 Å². The SMILES string of the molecule is Cn1ccc(-c2cc(C(=O)Nc3cc4c(nc3-c3ccccc3)CNCC4)c(F)cc2C(F)(F)F)n1. The van der Waals surface area contributed by atoms with Crippen molar-refractivity contribution in [3.63, 3.8) is 0 Å². The Morgan fingerprint density at radius 2 is 1.89 bits per heavy atom. The van der Waals surface area contributed by atoms with E-state index in [-0.39, 0.29) is 11.3 Å². The predicted octanol–water partition coefficient (Wildman–Crippen LogP) is 5.21. The number of carbonyl (C=O) groups is 1. The van der Waals surface area contributed by atoms with Gasteiger partial charge in [0.25, 0.3) is 5.91 Å². The van der Waals surface area contributed by atoms with Gasteiger partial charge in [-0.15, -0.1) is 0 Å². The van der Waals surface area contributed by atoms with Gasteiger partial charge in [0.05, 0.1) is 33.9 Å². The van der Waals surface area contributed by atoms with Gasteiger partial charge in [0.15, 0.2) is 0 Å². The summed E-state index contributed by atoms with van der Waals surface area (Å²) in [4.78, 5) is 18.0. The predicted molar refractivity (Wildman–Crippen MR) is 127 cm³/mol. The van der Waals surface area contributed by atoms with Crippen molar-refractivity contribution in [1.82, 2.24) is 20.1 Å². The zero-order chi connectivity index (χ0) is 25.4. The summed E-state index contributed by atoms with van der Waals surface area (Å²) in [5.41, 5.74) is 1.23. The van der Waals surface area contributed by atoms with Crippen LogP contribution in [0, 0.1) is 5.82 Å². The van der Waals surface area contributed by atoms with Crippen LogP contribution in [0.25, 0.3) is 22.5 Å². The van der Waals surface area contributed by atoms with Crippen LogP contribution < -0.4 is 10.6 Å². The molecule has 0 atom stereocenters. The van der Waals surface area contributed by atoms with E-state index in [0.29, 0.717) is 30.4 Å². The largest absolute Gasteiger partial charge is 0.417 e. The average Bonchev–Trinajstić information content (AvgIpc) is 3.29. The quantitative estimate of drug-likeness (QED) is 0.382. The normalized spacial score (nSPS) is 13.4. The van der Waals surface area contributed by atoms with Crippen LogP contribution in [0.15, 0.2) is 60.8 Å². The molecule has 1 aliphatic heterocycles. The molecule has 5 rings (SSSR count). The molecule has 2 aromatic carbocycles. The number of hydrogen-bond acceptors (Lipinski definition) is 4. The molecule has 0 aliphatic carbocycles. The van der Waals surface area contributed by atoms with Gasteiger partial charge in [0.2, 0.25) is 0 Å². The van der Waals surface area contributed by atoms with E-state index in [1.165, 1.54) is 16.9 Å². The third kappa shape index (κ3) is 4.59. The Kier molecular flexibility index (Phi) is 6.05. The first kappa shape index (κ1) is 23.7. The second-order valence-corrected chi connectivity index (χ2v) is 8.49. The molecule has 1 amide bonds. The number of pyridine rings is 1. The van der Waals surface area contributed by atoms with E-state index in [2.05, 4.69) is 15.7 Å². The van der Waals surface area contributed by atoms with Crippen molar-refractivity contribution in [2.24, 2.45) is 7.05 Å². The highest BCUT2D eigenvalue weighted by Crippen LogP contribution is 2.38. The minimum Gasteiger partial charge on any atom is -0.320 e. The highest BCUT2D eigenvalue weighted by molar-refractivity contribution is 6.07. The Morgan fingerprint density at radius 3 is 2.58 bits per heavy atom. The van der Waals surface area contributed by atoms with Crippen molar-refractivity contribution in [2.45, 2.75) is 19.1 Å². The van der Waals surface area contributed by atoms with Gasteiger partial charge in [-0.1, -0.05) is 30.3 Å². The number of carbonyl (C=O) groups excluding carboxylic acids is 1. The number of benzene rings is 2. The summed E-state index contributed by atoms with van der Waals surface area (Å²) in [6.07, 6.45) is -2.67. The Labute approximate surface area is 204 Å². The lowest BCUT2D eigenvalue weighted by Crippen LogP contribution is -2.25. The topological polar surface area (TPSA) is 71.8 Å². The number of halogens is 4. The van der Waals surface area contributed by atoms with Gasteiger partial charge in [-0.25, -0.2) is 9.37 Å². The molecule has 6 nitrogen and oxygen atoms in total. The van der Waals surface area contributed by atoms with Crippen molar-refractivity contribution in [3.8, 4) is 22.5 Å². The van der Waals surface area contributed by atoms with Crippen molar-refractivity contribution in [2.75, 3.05) is 11.9 Å². The second kappa shape index (κ2) is 9.19. The molecule has 36 heavy (non-hydrogen) atoms. The standard InChI is InChI=1S/C26H21F4N5O/c1-35-10-8-21(34-35)17-12-18(20(27)13-19(17)26(28,29)30)25(36)33-22-11-16-7-9-31-14-23(16)32-24(22)15-5-3-2-4-6-15/h2-6,8,10-13,31H,7,9,14H2,1H3,(H,33,36). The van der Waals surface area contributed by atoms with Crippen LogP contribution in [0.3, 0.4) is 0 Å². The number of aromatic nitrogens is 3. The number of alkyl halides is 3. The lowest BCUT2D eigenvalue weighted by atomic mass is 9.99. The zero-order valence-corrected chi connectivity index (χ0v) is 19.2. The maximum absolute atomic E-state index is 14.9. The molecule has 0 radical (unpaired) electrons. The zero-order valence-electron chi connectivity index (χ0n) is 19.2. The summed E-state index contributed by atoms with van der Waals surface area (Å²) in [7, 11) is 1.55. The molecule has 2 aromatic heterocycles. The van der Waals surface area contributed by atoms with E-state index in [4.69, 9.17) is 4.98 Å². The molecular formula is C26H21F4N5O. The lowest BCUT2D eigenvalue weighted by Gasteiger charge is -2.20. The van der Waals surface area contributed by atoms with E-state index in [0.717, 1.165) is 29.4 Å². The van der Waals surface area contributed by atoms with Crippen LogP contribution in [0.2, 0.25) is 0 Å². The van der Waals surface area contributed by atoms with Crippen LogP contribution in [-0.2, 0) is 26.2 Å². The fraction of sp³-hybridized carbons (Fsp3) is 0.192. The molecule has 0 unspecified atom stereocenters. The van der Waals surface area contributed by atoms with Gasteiger partial charge in [-0.3, -0.25) is 9.48 Å². The lowest BCUT2D eigenvalue weighted by molar-refractivity contribution is -0.137. The van der Waals surface area contributed by atoms with Crippen molar-refractivity contribution >= 4 is 11.6 Å². The number of fused-ring (bicyclic) bond motifs is 1. The molecule has 0 bridgehead atoms. The molecular weight excluding hydrogens is 474 g/mol. The number of nitrogens with one attached hydrogen (secondary N) is 2. The van der Waals surface area contributed by atoms with Crippen LogP contribution in [-0.4, -0.2) is 27.2 Å². The van der Waals surface area contributed by atoms with Gasteiger partial charge in [-0.2, -0.15) is 18.3 Å². The van der Waals surface area contributed by atoms with Gasteiger partial charge < -0.3 is 10.6 Å². The number of hydrogen-bond donors (Lipinski definition) is 2. The van der Waals surface area contributed by atoms with E-state index in [1.54, 1.807) is 13.1 Å². The first-order valence-electron chi connectivity index (χ1n) is 11.2. The Balaban J connectivity index is 1.59. The number of amides is 1. The van der Waals surface area contributed by atoms with E-state index in [1.807, 2.05) is 30.3 Å². The maximum Gasteiger partial charge on any atom is 0.417 e. The Morgan fingerprint density at radius 1 is 1.11 bits per heavy atom. The summed E-state index contributed by atoms with van der Waals surface area (Å²) in [5, 5.41) is 9.96. The van der Waals surface area contributed by atoms with Gasteiger partial charge >= 0.3 is 6.18 Å². The molecule has 4 aromatic rings. The minimum absolute atomic E-state index is 0.0215. The summed E-state index contributed by atoms with van der Waals surface area (Å²) in [6, 6.07) is 13.6. The van der Waals surface area contributed by atoms with Crippen molar-refractivity contribution in [1.29, 1.82) is 0 Å². The third-order valence-corrected chi connectivity index (χ3v) is 6.00. The van der Waals surface area contributed by atoms with Gasteiger partial charge in [-0.05, 0) is 42.8 Å². The van der Waals surface area contributed by atoms with Crippen LogP contribution in [0.4, 0.5) is 23.2 Å². The highest BCUT2D eigenvalue weighted by atomic mass is 19.4. The Hall–Kier alpha value is -4.05. The van der Waals surface area contributed by atoms with Crippen LogP contribution in [0.1, 0.15) is 27.2 Å².